The second-order valence-electron chi connectivity index (χ2n) is 6.45. The summed E-state index contributed by atoms with van der Waals surface area (Å²) in [5.41, 5.74) is 1.17. The third-order valence-corrected chi connectivity index (χ3v) is 5.48. The summed E-state index contributed by atoms with van der Waals surface area (Å²) >= 11 is 0. The van der Waals surface area contributed by atoms with E-state index in [2.05, 4.69) is 0 Å². The average Bonchev–Trinajstić information content (AvgIpc) is 2.63. The van der Waals surface area contributed by atoms with Crippen molar-refractivity contribution < 1.29 is 19.4 Å². The van der Waals surface area contributed by atoms with Gasteiger partial charge in [-0.1, -0.05) is 13.8 Å². The van der Waals surface area contributed by atoms with E-state index in [0.717, 1.165) is 18.4 Å². The largest absolute Gasteiger partial charge is 0.457 e. The molecule has 2 aliphatic carbocycles. The molecule has 1 N–H and O–H groups in total. The molecular formula is C15H20O4. The van der Waals surface area contributed by atoms with Crippen molar-refractivity contribution in [2.24, 2.45) is 17.3 Å². The maximum absolute atomic E-state index is 12.0. The molecule has 1 aliphatic heterocycles. The summed E-state index contributed by atoms with van der Waals surface area (Å²) in [6.07, 6.45) is 0.911. The number of aliphatic hydroxyl groups excluding tert-OH is 1. The van der Waals surface area contributed by atoms with Crippen LogP contribution in [0.1, 0.15) is 40.0 Å². The molecule has 3 aliphatic rings. The van der Waals surface area contributed by atoms with Gasteiger partial charge in [0.2, 0.25) is 0 Å². The lowest BCUT2D eigenvalue weighted by molar-refractivity contribution is -0.144. The number of fused-ring (bicyclic) bond motifs is 3. The lowest BCUT2D eigenvalue weighted by Crippen LogP contribution is -2.49. The van der Waals surface area contributed by atoms with Gasteiger partial charge in [-0.25, -0.2) is 0 Å². The Morgan fingerprint density at radius 2 is 2.05 bits per heavy atom. The van der Waals surface area contributed by atoms with Gasteiger partial charge >= 0.3 is 5.97 Å². The van der Waals surface area contributed by atoms with E-state index >= 15 is 0 Å². The van der Waals surface area contributed by atoms with Crippen molar-refractivity contribution in [2.75, 3.05) is 0 Å². The number of rotatable bonds is 0. The molecule has 0 aromatic heterocycles. The molecule has 2 unspecified atom stereocenters. The van der Waals surface area contributed by atoms with Gasteiger partial charge in [0.05, 0.1) is 12.0 Å². The second kappa shape index (κ2) is 3.92. The molecule has 0 spiro atoms. The monoisotopic (exact) mass is 264 g/mol. The van der Waals surface area contributed by atoms with Crippen LogP contribution in [0.15, 0.2) is 11.1 Å². The molecule has 3 rings (SSSR count). The molecule has 4 nitrogen and oxygen atoms in total. The first-order chi connectivity index (χ1) is 8.86. The van der Waals surface area contributed by atoms with Crippen molar-refractivity contribution >= 4 is 11.8 Å². The second-order valence-corrected chi connectivity index (χ2v) is 6.45. The van der Waals surface area contributed by atoms with E-state index in [1.165, 1.54) is 0 Å². The van der Waals surface area contributed by atoms with Crippen molar-refractivity contribution in [3.63, 3.8) is 0 Å². The number of hydrogen-bond donors (Lipinski definition) is 1. The minimum absolute atomic E-state index is 0.0174. The summed E-state index contributed by atoms with van der Waals surface area (Å²) in [7, 11) is 0. The number of carbonyl (C=O) groups excluding carboxylic acids is 2. The van der Waals surface area contributed by atoms with Crippen LogP contribution in [0.3, 0.4) is 0 Å². The Labute approximate surface area is 112 Å². The van der Waals surface area contributed by atoms with E-state index in [0.29, 0.717) is 5.57 Å². The highest BCUT2D eigenvalue weighted by Crippen LogP contribution is 2.54. The summed E-state index contributed by atoms with van der Waals surface area (Å²) in [6.45, 7) is 5.70. The first-order valence-electron chi connectivity index (χ1n) is 6.99. The molecule has 19 heavy (non-hydrogen) atoms. The molecule has 0 aromatic rings. The SMILES string of the molecule is CC1=C2[C@H]3OC(=O)[C@@H](C)[C@@H]3CCC2(C)C(O)CC1=O. The molecular weight excluding hydrogens is 244 g/mol. The summed E-state index contributed by atoms with van der Waals surface area (Å²) in [5.74, 6) is -0.143. The molecule has 5 atom stereocenters. The smallest absolute Gasteiger partial charge is 0.309 e. The van der Waals surface area contributed by atoms with Gasteiger partial charge in [0.15, 0.2) is 5.78 Å². The zero-order chi connectivity index (χ0) is 13.9. The third-order valence-electron chi connectivity index (χ3n) is 5.48. The summed E-state index contributed by atoms with van der Waals surface area (Å²) in [5, 5.41) is 10.3. The van der Waals surface area contributed by atoms with E-state index in [9.17, 15) is 14.7 Å². The Morgan fingerprint density at radius 3 is 2.74 bits per heavy atom. The zero-order valence-corrected chi connectivity index (χ0v) is 11.6. The standard InChI is InChI=1S/C15H20O4/c1-7-9-4-5-15(3)11(17)6-10(16)8(2)12(15)13(9)19-14(7)18/h7,9,11,13,17H,4-6H2,1-3H3/t7-,9-,11?,13-,15?/m0/s1. The first kappa shape index (κ1) is 12.9. The van der Waals surface area contributed by atoms with Crippen LogP contribution in [0.2, 0.25) is 0 Å². The predicted octanol–water partition coefficient (Wildman–Crippen LogP) is 1.61. The first-order valence-corrected chi connectivity index (χ1v) is 6.99. The minimum atomic E-state index is -0.658. The number of carbonyl (C=O) groups is 2. The van der Waals surface area contributed by atoms with Gasteiger partial charge in [-0.05, 0) is 30.9 Å². The fourth-order valence-electron chi connectivity index (χ4n) is 4.05. The number of aliphatic hydroxyl groups is 1. The molecule has 0 aromatic carbocycles. The van der Waals surface area contributed by atoms with Crippen LogP contribution < -0.4 is 0 Å². The van der Waals surface area contributed by atoms with Crippen LogP contribution in [0, 0.1) is 17.3 Å². The number of ether oxygens (including phenoxy) is 1. The molecule has 2 fully saturated rings. The number of esters is 1. The fourth-order valence-corrected chi connectivity index (χ4v) is 4.05. The van der Waals surface area contributed by atoms with Crippen LogP contribution in [0.25, 0.3) is 0 Å². The Hall–Kier alpha value is -1.16. The molecule has 0 bridgehead atoms. The number of hydrogen-bond acceptors (Lipinski definition) is 4. The Kier molecular flexibility index (Phi) is 2.65. The quantitative estimate of drug-likeness (QED) is 0.675. The van der Waals surface area contributed by atoms with Gasteiger partial charge in [0.1, 0.15) is 6.10 Å². The van der Waals surface area contributed by atoms with E-state index < -0.39 is 11.5 Å². The Bertz CT molecular complexity index is 492. The zero-order valence-electron chi connectivity index (χ0n) is 11.6. The van der Waals surface area contributed by atoms with Crippen molar-refractivity contribution in [1.29, 1.82) is 0 Å². The fraction of sp³-hybridized carbons (Fsp3) is 0.733. The van der Waals surface area contributed by atoms with E-state index in [1.807, 2.05) is 13.8 Å². The van der Waals surface area contributed by atoms with E-state index in [4.69, 9.17) is 4.74 Å². The third kappa shape index (κ3) is 1.55. The normalized spacial score (nSPS) is 45.9. The summed E-state index contributed by atoms with van der Waals surface area (Å²) in [4.78, 5) is 23.8. The highest BCUT2D eigenvalue weighted by molar-refractivity contribution is 5.97. The van der Waals surface area contributed by atoms with Crippen molar-refractivity contribution in [3.8, 4) is 0 Å². The molecule has 1 saturated heterocycles. The molecule has 0 amide bonds. The predicted molar refractivity (Wildman–Crippen MR) is 68.2 cm³/mol. The van der Waals surface area contributed by atoms with Crippen LogP contribution >= 0.6 is 0 Å². The minimum Gasteiger partial charge on any atom is -0.457 e. The van der Waals surface area contributed by atoms with Gasteiger partial charge < -0.3 is 9.84 Å². The highest BCUT2D eigenvalue weighted by atomic mass is 16.6. The Morgan fingerprint density at radius 1 is 1.37 bits per heavy atom. The summed E-state index contributed by atoms with van der Waals surface area (Å²) in [6, 6.07) is 0. The van der Waals surface area contributed by atoms with Crippen LogP contribution in [0.4, 0.5) is 0 Å². The molecule has 1 saturated carbocycles. The van der Waals surface area contributed by atoms with Gasteiger partial charge in [0.25, 0.3) is 0 Å². The van der Waals surface area contributed by atoms with Crippen molar-refractivity contribution in [2.45, 2.75) is 52.2 Å². The van der Waals surface area contributed by atoms with Gasteiger partial charge in [0, 0.05) is 17.8 Å². The molecule has 4 heteroatoms. The number of Topliss-reactive ketones (excluding diaryl/α,β-unsaturated/α-hetero) is 1. The van der Waals surface area contributed by atoms with Crippen LogP contribution in [-0.2, 0) is 14.3 Å². The van der Waals surface area contributed by atoms with Crippen LogP contribution in [-0.4, -0.2) is 29.1 Å². The molecule has 104 valence electrons. The van der Waals surface area contributed by atoms with Crippen LogP contribution in [0.5, 0.6) is 0 Å². The lowest BCUT2D eigenvalue weighted by atomic mass is 9.58. The highest BCUT2D eigenvalue weighted by Gasteiger charge is 2.56. The summed E-state index contributed by atoms with van der Waals surface area (Å²) < 4.78 is 5.52. The average molecular weight is 264 g/mol. The number of ketones is 1. The lowest BCUT2D eigenvalue weighted by Gasteiger charge is -2.48. The van der Waals surface area contributed by atoms with Gasteiger partial charge in [-0.2, -0.15) is 0 Å². The molecule has 0 radical (unpaired) electrons. The van der Waals surface area contributed by atoms with Crippen molar-refractivity contribution in [1.82, 2.24) is 0 Å². The van der Waals surface area contributed by atoms with Crippen molar-refractivity contribution in [3.05, 3.63) is 11.1 Å². The van der Waals surface area contributed by atoms with E-state index in [1.54, 1.807) is 6.92 Å². The topological polar surface area (TPSA) is 63.6 Å². The molecule has 1 heterocycles. The van der Waals surface area contributed by atoms with E-state index in [-0.39, 0.29) is 36.1 Å². The Balaban J connectivity index is 2.11. The van der Waals surface area contributed by atoms with Gasteiger partial charge in [-0.3, -0.25) is 9.59 Å². The number of allylic oxidation sites excluding steroid dienone is 1. The maximum atomic E-state index is 12.0. The maximum Gasteiger partial charge on any atom is 0.309 e. The van der Waals surface area contributed by atoms with Gasteiger partial charge in [-0.15, -0.1) is 0 Å².